The number of benzene rings is 1. The van der Waals surface area contributed by atoms with E-state index in [-0.39, 0.29) is 5.91 Å². The van der Waals surface area contributed by atoms with Gasteiger partial charge in [0.25, 0.3) is 5.91 Å². The summed E-state index contributed by atoms with van der Waals surface area (Å²) in [4.78, 5) is 28.0. The molecule has 0 unspecified atom stereocenters. The van der Waals surface area contributed by atoms with Gasteiger partial charge in [0.2, 0.25) is 0 Å². The Morgan fingerprint density at radius 2 is 1.90 bits per heavy atom. The molecule has 0 saturated carbocycles. The molecule has 1 N–H and O–H groups in total. The van der Waals surface area contributed by atoms with Gasteiger partial charge < -0.3 is 10.2 Å². The van der Waals surface area contributed by atoms with Gasteiger partial charge in [0, 0.05) is 42.8 Å². The Kier molecular flexibility index (Phi) is 7.03. The number of pyridine rings is 2. The van der Waals surface area contributed by atoms with E-state index in [1.165, 1.54) is 0 Å². The molecule has 6 nitrogen and oxygen atoms in total. The summed E-state index contributed by atoms with van der Waals surface area (Å²) in [5.74, 6) is -0.246. The first-order valence-electron chi connectivity index (χ1n) is 9.93. The summed E-state index contributed by atoms with van der Waals surface area (Å²) in [7, 11) is 4.07. The van der Waals surface area contributed by atoms with Crippen LogP contribution in [0.15, 0.2) is 66.2 Å². The van der Waals surface area contributed by atoms with Gasteiger partial charge in [0.15, 0.2) is 0 Å². The van der Waals surface area contributed by atoms with Crippen molar-refractivity contribution in [3.8, 4) is 11.1 Å². The van der Waals surface area contributed by atoms with Crippen LogP contribution in [0, 0.1) is 6.92 Å². The van der Waals surface area contributed by atoms with E-state index in [4.69, 9.17) is 0 Å². The third kappa shape index (κ3) is 5.36. The summed E-state index contributed by atoms with van der Waals surface area (Å²) >= 11 is 0. The third-order valence-corrected chi connectivity index (χ3v) is 4.57. The van der Waals surface area contributed by atoms with E-state index in [9.17, 15) is 4.79 Å². The first-order valence-corrected chi connectivity index (χ1v) is 9.93. The monoisotopic (exact) mass is 401 g/mol. The molecule has 6 heteroatoms. The highest BCUT2D eigenvalue weighted by molar-refractivity contribution is 6.49. The van der Waals surface area contributed by atoms with E-state index in [0.29, 0.717) is 17.9 Å². The van der Waals surface area contributed by atoms with Crippen molar-refractivity contribution in [2.75, 3.05) is 26.0 Å². The smallest absolute Gasteiger partial charge is 0.274 e. The van der Waals surface area contributed by atoms with Crippen molar-refractivity contribution in [2.24, 2.45) is 4.99 Å². The fraction of sp³-hybridized carbons (Fsp3) is 0.250. The summed E-state index contributed by atoms with van der Waals surface area (Å²) in [6, 6.07) is 11.8. The summed E-state index contributed by atoms with van der Waals surface area (Å²) in [6.45, 7) is 5.24. The quantitative estimate of drug-likeness (QED) is 0.609. The van der Waals surface area contributed by atoms with Crippen LogP contribution in [0.2, 0.25) is 0 Å². The number of aryl methyl sites for hydroxylation is 1. The second-order valence-electron chi connectivity index (χ2n) is 7.37. The molecular formula is C24H27N5O. The van der Waals surface area contributed by atoms with Crippen LogP contribution < -0.4 is 5.32 Å². The van der Waals surface area contributed by atoms with E-state index in [1.807, 2.05) is 52.5 Å². The molecule has 0 aliphatic rings. The van der Waals surface area contributed by atoms with Crippen LogP contribution in [0.1, 0.15) is 23.6 Å². The predicted molar refractivity (Wildman–Crippen MR) is 122 cm³/mol. The third-order valence-electron chi connectivity index (χ3n) is 4.57. The van der Waals surface area contributed by atoms with Gasteiger partial charge in [-0.15, -0.1) is 0 Å². The number of nitrogens with one attached hydrogen (secondary N) is 1. The molecule has 30 heavy (non-hydrogen) atoms. The van der Waals surface area contributed by atoms with Crippen LogP contribution in [0.4, 0.5) is 5.69 Å². The number of rotatable bonds is 7. The second kappa shape index (κ2) is 9.89. The van der Waals surface area contributed by atoms with Crippen molar-refractivity contribution in [1.29, 1.82) is 0 Å². The maximum Gasteiger partial charge on any atom is 0.274 e. The lowest BCUT2D eigenvalue weighted by Crippen LogP contribution is -2.25. The molecule has 0 radical (unpaired) electrons. The van der Waals surface area contributed by atoms with Gasteiger partial charge in [-0.05, 0) is 68.9 Å². The Balaban J connectivity index is 1.96. The van der Waals surface area contributed by atoms with Crippen molar-refractivity contribution in [3.05, 3.63) is 77.9 Å². The average molecular weight is 402 g/mol. The summed E-state index contributed by atoms with van der Waals surface area (Å²) < 4.78 is 0. The van der Waals surface area contributed by atoms with Crippen LogP contribution in [-0.2, 0) is 11.3 Å². The van der Waals surface area contributed by atoms with Crippen LogP contribution >= 0.6 is 0 Å². The van der Waals surface area contributed by atoms with Gasteiger partial charge in [0.05, 0.1) is 11.9 Å². The number of hydrogen-bond acceptors (Lipinski definition) is 5. The van der Waals surface area contributed by atoms with Crippen LogP contribution in [0.25, 0.3) is 11.1 Å². The van der Waals surface area contributed by atoms with Crippen molar-refractivity contribution in [1.82, 2.24) is 14.9 Å². The SMILES string of the molecule is CCN=C(C(=O)Nc1cccnc1)c1cc(-c2cncc(CN(C)C)c2)ccc1C. The molecule has 0 spiro atoms. The number of amides is 1. The first kappa shape index (κ1) is 21.3. The summed E-state index contributed by atoms with van der Waals surface area (Å²) in [5, 5.41) is 2.89. The minimum Gasteiger partial charge on any atom is -0.319 e. The molecule has 0 saturated heterocycles. The number of nitrogens with zero attached hydrogens (tertiary/aromatic N) is 4. The van der Waals surface area contributed by atoms with Gasteiger partial charge in [-0.2, -0.15) is 0 Å². The Labute approximate surface area is 177 Å². The highest BCUT2D eigenvalue weighted by Gasteiger charge is 2.17. The lowest BCUT2D eigenvalue weighted by atomic mass is 9.96. The largest absolute Gasteiger partial charge is 0.319 e. The molecule has 0 fully saturated rings. The Morgan fingerprint density at radius 1 is 1.07 bits per heavy atom. The normalized spacial score (nSPS) is 11.6. The van der Waals surface area contributed by atoms with Crippen LogP contribution in [-0.4, -0.2) is 47.1 Å². The molecule has 1 amide bonds. The van der Waals surface area contributed by atoms with Gasteiger partial charge in [0.1, 0.15) is 5.71 Å². The fourth-order valence-corrected chi connectivity index (χ4v) is 3.22. The van der Waals surface area contributed by atoms with Crippen LogP contribution in [0.5, 0.6) is 0 Å². The lowest BCUT2D eigenvalue weighted by molar-refractivity contribution is -0.110. The lowest BCUT2D eigenvalue weighted by Gasteiger charge is -2.14. The van der Waals surface area contributed by atoms with E-state index in [2.05, 4.69) is 37.3 Å². The Bertz CT molecular complexity index is 1040. The minimum atomic E-state index is -0.246. The standard InChI is InChI=1S/C24H27N5O/c1-5-27-23(24(30)28-21-7-6-10-25-15-21)22-12-19(9-8-17(22)2)20-11-18(13-26-14-20)16-29(3)4/h6-15H,5,16H2,1-4H3,(H,28,30). The maximum atomic E-state index is 13.0. The number of carbonyl (C=O) groups is 1. The van der Waals surface area contributed by atoms with Crippen molar-refractivity contribution < 1.29 is 4.79 Å². The number of carbonyl (C=O) groups excluding carboxylic acids is 1. The van der Waals surface area contributed by atoms with Crippen molar-refractivity contribution in [3.63, 3.8) is 0 Å². The zero-order chi connectivity index (χ0) is 21.5. The number of anilines is 1. The van der Waals surface area contributed by atoms with Gasteiger partial charge in [-0.1, -0.05) is 12.1 Å². The van der Waals surface area contributed by atoms with E-state index < -0.39 is 0 Å². The average Bonchev–Trinajstić information content (AvgIpc) is 2.73. The molecule has 1 aromatic carbocycles. The number of aliphatic imine (C=N–C) groups is 1. The van der Waals surface area contributed by atoms with E-state index in [1.54, 1.807) is 24.5 Å². The highest BCUT2D eigenvalue weighted by Crippen LogP contribution is 2.24. The van der Waals surface area contributed by atoms with Crippen molar-refractivity contribution in [2.45, 2.75) is 20.4 Å². The molecule has 2 heterocycles. The van der Waals surface area contributed by atoms with Gasteiger partial charge in [-0.25, -0.2) is 0 Å². The highest BCUT2D eigenvalue weighted by atomic mass is 16.1. The molecule has 3 rings (SSSR count). The molecular weight excluding hydrogens is 374 g/mol. The Hall–Kier alpha value is -3.38. The zero-order valence-corrected chi connectivity index (χ0v) is 17.9. The molecule has 2 aromatic heterocycles. The van der Waals surface area contributed by atoms with E-state index in [0.717, 1.165) is 34.4 Å². The molecule has 0 aliphatic carbocycles. The minimum absolute atomic E-state index is 0.246. The molecule has 0 aliphatic heterocycles. The fourth-order valence-electron chi connectivity index (χ4n) is 3.22. The van der Waals surface area contributed by atoms with Crippen LogP contribution in [0.3, 0.4) is 0 Å². The number of hydrogen-bond donors (Lipinski definition) is 1. The molecule has 0 bridgehead atoms. The maximum absolute atomic E-state index is 13.0. The zero-order valence-electron chi connectivity index (χ0n) is 17.9. The number of aromatic nitrogens is 2. The van der Waals surface area contributed by atoms with Gasteiger partial charge >= 0.3 is 0 Å². The first-order chi connectivity index (χ1) is 14.5. The molecule has 3 aromatic rings. The summed E-state index contributed by atoms with van der Waals surface area (Å²) in [5.41, 5.74) is 6.01. The van der Waals surface area contributed by atoms with E-state index >= 15 is 0 Å². The Morgan fingerprint density at radius 3 is 2.60 bits per heavy atom. The summed E-state index contributed by atoms with van der Waals surface area (Å²) in [6.07, 6.45) is 7.01. The molecule has 154 valence electrons. The topological polar surface area (TPSA) is 70.5 Å². The van der Waals surface area contributed by atoms with Crippen molar-refractivity contribution >= 4 is 17.3 Å². The molecule has 0 atom stereocenters. The van der Waals surface area contributed by atoms with Gasteiger partial charge in [-0.3, -0.25) is 19.8 Å². The second-order valence-corrected chi connectivity index (χ2v) is 7.37. The predicted octanol–water partition coefficient (Wildman–Crippen LogP) is 3.96.